The van der Waals surface area contributed by atoms with Gasteiger partial charge in [0.15, 0.2) is 0 Å². The zero-order valence-electron chi connectivity index (χ0n) is 12.1. The van der Waals surface area contributed by atoms with Crippen molar-refractivity contribution in [2.24, 2.45) is 5.73 Å². The van der Waals surface area contributed by atoms with Crippen LogP contribution < -0.4 is 10.5 Å². The van der Waals surface area contributed by atoms with Gasteiger partial charge in [-0.25, -0.2) is 0 Å². The van der Waals surface area contributed by atoms with Crippen LogP contribution in [0.3, 0.4) is 0 Å². The van der Waals surface area contributed by atoms with Crippen molar-refractivity contribution in [2.75, 3.05) is 27.3 Å². The minimum absolute atomic E-state index is 0.0686. The Morgan fingerprint density at radius 1 is 1.47 bits per heavy atom. The van der Waals surface area contributed by atoms with E-state index in [1.54, 1.807) is 7.11 Å². The maximum Gasteiger partial charge on any atom is 0.123 e. The normalized spacial score (nSPS) is 26.9. The monoisotopic (exact) mass is 264 g/mol. The van der Waals surface area contributed by atoms with Gasteiger partial charge < -0.3 is 15.2 Å². The Hall–Kier alpha value is -1.10. The molecule has 1 aliphatic rings. The van der Waals surface area contributed by atoms with Gasteiger partial charge >= 0.3 is 0 Å². The first-order valence-electron chi connectivity index (χ1n) is 6.79. The highest BCUT2D eigenvalue weighted by Crippen LogP contribution is 2.32. The van der Waals surface area contributed by atoms with Crippen molar-refractivity contribution in [1.29, 1.82) is 0 Å². The summed E-state index contributed by atoms with van der Waals surface area (Å²) in [6, 6.07) is 8.12. The number of para-hydroxylation sites is 1. The number of benzene rings is 1. The molecule has 4 nitrogen and oxygen atoms in total. The molecule has 2 rings (SSSR count). The summed E-state index contributed by atoms with van der Waals surface area (Å²) < 4.78 is 11.1. The topological polar surface area (TPSA) is 47.7 Å². The number of hydrogen-bond donors (Lipinski definition) is 1. The molecular weight excluding hydrogens is 240 g/mol. The van der Waals surface area contributed by atoms with Crippen molar-refractivity contribution in [1.82, 2.24) is 4.90 Å². The third kappa shape index (κ3) is 2.61. The highest BCUT2D eigenvalue weighted by atomic mass is 16.5. The van der Waals surface area contributed by atoms with E-state index < -0.39 is 0 Å². The van der Waals surface area contributed by atoms with Gasteiger partial charge in [-0.1, -0.05) is 18.2 Å². The van der Waals surface area contributed by atoms with E-state index in [1.807, 2.05) is 18.2 Å². The van der Waals surface area contributed by atoms with Gasteiger partial charge in [0.25, 0.3) is 0 Å². The van der Waals surface area contributed by atoms with Crippen LogP contribution in [0.5, 0.6) is 5.75 Å². The lowest BCUT2D eigenvalue weighted by molar-refractivity contribution is 0.0242. The lowest BCUT2D eigenvalue weighted by atomic mass is 9.90. The van der Waals surface area contributed by atoms with Crippen LogP contribution in [0.15, 0.2) is 24.3 Å². The maximum atomic E-state index is 6.03. The van der Waals surface area contributed by atoms with Crippen LogP contribution in [-0.2, 0) is 11.3 Å². The molecule has 2 unspecified atom stereocenters. The number of rotatable bonds is 5. The predicted molar refractivity (Wildman–Crippen MR) is 76.3 cm³/mol. The van der Waals surface area contributed by atoms with Crippen LogP contribution in [0, 0.1) is 0 Å². The first-order chi connectivity index (χ1) is 9.14. The molecule has 1 aromatic carbocycles. The molecule has 1 saturated heterocycles. The Kier molecular flexibility index (Phi) is 4.45. The molecular formula is C15H24N2O2. The van der Waals surface area contributed by atoms with Crippen molar-refractivity contribution >= 4 is 0 Å². The predicted octanol–water partition coefficient (Wildman–Crippen LogP) is 1.63. The molecule has 4 heteroatoms. The first-order valence-corrected chi connectivity index (χ1v) is 6.79. The summed E-state index contributed by atoms with van der Waals surface area (Å²) in [4.78, 5) is 2.31. The number of nitrogens with two attached hydrogens (primary N) is 1. The SMILES string of the molecule is COc1ccccc1CN(C)C1(CN)CCOC1C. The Bertz CT molecular complexity index is 424. The standard InChI is InChI=1S/C15H24N2O2/c1-12-15(11-16,8-9-19-12)17(2)10-13-6-4-5-7-14(13)18-3/h4-7,12H,8-11,16H2,1-3H3. The number of ether oxygens (including phenoxy) is 2. The number of nitrogens with zero attached hydrogens (tertiary/aromatic N) is 1. The summed E-state index contributed by atoms with van der Waals surface area (Å²) in [7, 11) is 3.82. The summed E-state index contributed by atoms with van der Waals surface area (Å²) in [5.41, 5.74) is 7.14. The molecule has 1 heterocycles. The van der Waals surface area contributed by atoms with Crippen LogP contribution in [0.1, 0.15) is 18.9 Å². The third-order valence-corrected chi connectivity index (χ3v) is 4.37. The molecule has 0 radical (unpaired) electrons. The fraction of sp³-hybridized carbons (Fsp3) is 0.600. The van der Waals surface area contributed by atoms with E-state index in [0.717, 1.165) is 25.3 Å². The molecule has 2 atom stereocenters. The van der Waals surface area contributed by atoms with E-state index in [4.69, 9.17) is 15.2 Å². The highest BCUT2D eigenvalue weighted by Gasteiger charge is 2.43. The summed E-state index contributed by atoms with van der Waals surface area (Å²) in [6.07, 6.45) is 1.15. The summed E-state index contributed by atoms with van der Waals surface area (Å²) in [6.45, 7) is 4.32. The van der Waals surface area contributed by atoms with Gasteiger partial charge in [-0.3, -0.25) is 4.90 Å². The van der Waals surface area contributed by atoms with E-state index in [0.29, 0.717) is 6.54 Å². The second-order valence-electron chi connectivity index (χ2n) is 5.24. The van der Waals surface area contributed by atoms with E-state index in [-0.39, 0.29) is 11.6 Å². The number of likely N-dealkylation sites (N-methyl/N-ethyl adjacent to an activating group) is 1. The Labute approximate surface area is 115 Å². The van der Waals surface area contributed by atoms with Crippen LogP contribution >= 0.6 is 0 Å². The molecule has 106 valence electrons. The Morgan fingerprint density at radius 2 is 2.21 bits per heavy atom. The van der Waals surface area contributed by atoms with Crippen LogP contribution in [0.25, 0.3) is 0 Å². The zero-order chi connectivity index (χ0) is 13.9. The average Bonchev–Trinajstić information content (AvgIpc) is 2.81. The van der Waals surface area contributed by atoms with Crippen molar-refractivity contribution in [3.05, 3.63) is 29.8 Å². The minimum Gasteiger partial charge on any atom is -0.496 e. The second-order valence-corrected chi connectivity index (χ2v) is 5.24. The molecule has 1 aromatic rings. The lowest BCUT2D eigenvalue weighted by Gasteiger charge is -2.40. The maximum absolute atomic E-state index is 6.03. The zero-order valence-corrected chi connectivity index (χ0v) is 12.1. The van der Waals surface area contributed by atoms with Gasteiger partial charge in [0.05, 0.1) is 18.8 Å². The van der Waals surface area contributed by atoms with E-state index in [9.17, 15) is 0 Å². The molecule has 1 aliphatic heterocycles. The Morgan fingerprint density at radius 3 is 2.79 bits per heavy atom. The molecule has 19 heavy (non-hydrogen) atoms. The summed E-state index contributed by atoms with van der Waals surface area (Å²) in [5, 5.41) is 0. The van der Waals surface area contributed by atoms with Crippen molar-refractivity contribution < 1.29 is 9.47 Å². The molecule has 0 aromatic heterocycles. The fourth-order valence-electron chi connectivity index (χ4n) is 2.94. The second kappa shape index (κ2) is 5.90. The van der Waals surface area contributed by atoms with Crippen LogP contribution in [0.2, 0.25) is 0 Å². The number of hydrogen-bond acceptors (Lipinski definition) is 4. The smallest absolute Gasteiger partial charge is 0.123 e. The highest BCUT2D eigenvalue weighted by molar-refractivity contribution is 5.33. The van der Waals surface area contributed by atoms with E-state index in [2.05, 4.69) is 24.9 Å². The molecule has 2 N–H and O–H groups in total. The van der Waals surface area contributed by atoms with E-state index in [1.165, 1.54) is 5.56 Å². The van der Waals surface area contributed by atoms with Crippen LogP contribution in [-0.4, -0.2) is 43.9 Å². The summed E-state index contributed by atoms with van der Waals surface area (Å²) >= 11 is 0. The van der Waals surface area contributed by atoms with Gasteiger partial charge in [0.2, 0.25) is 0 Å². The molecule has 0 bridgehead atoms. The first kappa shape index (κ1) is 14.3. The molecule has 1 fully saturated rings. The van der Waals surface area contributed by atoms with Gasteiger partial charge in [-0.15, -0.1) is 0 Å². The fourth-order valence-corrected chi connectivity index (χ4v) is 2.94. The van der Waals surface area contributed by atoms with Crippen molar-refractivity contribution in [3.8, 4) is 5.75 Å². The third-order valence-electron chi connectivity index (χ3n) is 4.37. The van der Waals surface area contributed by atoms with Crippen molar-refractivity contribution in [2.45, 2.75) is 31.5 Å². The van der Waals surface area contributed by atoms with Gasteiger partial charge in [-0.05, 0) is 26.5 Å². The number of methoxy groups -OCH3 is 1. The lowest BCUT2D eigenvalue weighted by Crippen LogP contribution is -2.56. The largest absolute Gasteiger partial charge is 0.496 e. The van der Waals surface area contributed by atoms with Crippen molar-refractivity contribution in [3.63, 3.8) is 0 Å². The molecule has 0 saturated carbocycles. The minimum atomic E-state index is -0.0686. The quantitative estimate of drug-likeness (QED) is 0.878. The van der Waals surface area contributed by atoms with Gasteiger partial charge in [0, 0.05) is 25.3 Å². The Balaban J connectivity index is 2.18. The molecule has 0 aliphatic carbocycles. The average molecular weight is 264 g/mol. The van der Waals surface area contributed by atoms with E-state index >= 15 is 0 Å². The van der Waals surface area contributed by atoms with Gasteiger partial charge in [0.1, 0.15) is 5.75 Å². The molecule has 0 spiro atoms. The molecule has 0 amide bonds. The van der Waals surface area contributed by atoms with Gasteiger partial charge in [-0.2, -0.15) is 0 Å². The van der Waals surface area contributed by atoms with Crippen LogP contribution in [0.4, 0.5) is 0 Å². The summed E-state index contributed by atoms with van der Waals surface area (Å²) in [5.74, 6) is 0.924.